The summed E-state index contributed by atoms with van der Waals surface area (Å²) in [6.07, 6.45) is 1.63. The van der Waals surface area contributed by atoms with Crippen LogP contribution in [0.4, 0.5) is 0 Å². The number of carbonyl (C=O) groups excluding carboxylic acids is 1. The molecule has 2 N–H and O–H groups in total. The number of benzene rings is 2. The van der Waals surface area contributed by atoms with Gasteiger partial charge in [0.1, 0.15) is 5.69 Å². The second kappa shape index (κ2) is 7.78. The quantitative estimate of drug-likeness (QED) is 0.535. The maximum Gasteiger partial charge on any atom is 0.289 e. The van der Waals surface area contributed by atoms with E-state index in [0.717, 1.165) is 22.4 Å². The van der Waals surface area contributed by atoms with Crippen molar-refractivity contribution < 1.29 is 4.79 Å². The molecule has 0 saturated carbocycles. The van der Waals surface area contributed by atoms with Crippen molar-refractivity contribution in [1.82, 2.24) is 15.6 Å². The lowest BCUT2D eigenvalue weighted by molar-refractivity contribution is 0.0949. The summed E-state index contributed by atoms with van der Waals surface area (Å²) in [5.41, 5.74) is 7.70. The van der Waals surface area contributed by atoms with Crippen molar-refractivity contribution in [3.05, 3.63) is 77.0 Å². The van der Waals surface area contributed by atoms with E-state index in [1.807, 2.05) is 49.4 Å². The highest BCUT2D eigenvalue weighted by Crippen LogP contribution is 2.22. The van der Waals surface area contributed by atoms with E-state index in [9.17, 15) is 4.79 Å². The molecular formula is C21H22N4O. The van der Waals surface area contributed by atoms with Crippen LogP contribution >= 0.6 is 0 Å². The molecule has 0 radical (unpaired) electrons. The molecule has 0 aliphatic heterocycles. The molecule has 132 valence electrons. The van der Waals surface area contributed by atoms with E-state index >= 15 is 0 Å². The average Bonchev–Trinajstić information content (AvgIpc) is 3.04. The van der Waals surface area contributed by atoms with E-state index in [1.54, 1.807) is 6.21 Å². The topological polar surface area (TPSA) is 70.1 Å². The van der Waals surface area contributed by atoms with Gasteiger partial charge in [-0.15, -0.1) is 0 Å². The minimum absolute atomic E-state index is 0.313. The first kappa shape index (κ1) is 17.6. The second-order valence-corrected chi connectivity index (χ2v) is 6.46. The molecule has 0 fully saturated rings. The van der Waals surface area contributed by atoms with Crippen LogP contribution in [0.25, 0.3) is 11.3 Å². The van der Waals surface area contributed by atoms with Crippen molar-refractivity contribution in [2.24, 2.45) is 5.10 Å². The molecule has 1 heterocycles. The molecule has 1 aromatic heterocycles. The Kier molecular flexibility index (Phi) is 5.27. The third kappa shape index (κ3) is 3.88. The molecule has 0 atom stereocenters. The number of hydrogen-bond donors (Lipinski definition) is 2. The predicted molar refractivity (Wildman–Crippen MR) is 104 cm³/mol. The molecule has 2 aromatic carbocycles. The molecule has 0 saturated heterocycles. The number of nitrogens with one attached hydrogen (secondary N) is 2. The molecule has 0 bridgehead atoms. The van der Waals surface area contributed by atoms with E-state index < -0.39 is 0 Å². The summed E-state index contributed by atoms with van der Waals surface area (Å²) in [6, 6.07) is 17.9. The number of amides is 1. The van der Waals surface area contributed by atoms with E-state index in [0.29, 0.717) is 11.6 Å². The number of aromatic nitrogens is 2. The van der Waals surface area contributed by atoms with Gasteiger partial charge in [0.15, 0.2) is 0 Å². The number of aromatic amines is 1. The first-order valence-corrected chi connectivity index (χ1v) is 8.60. The number of hydrazone groups is 1. The SMILES string of the molecule is Cc1c(-c2ccccc2)n[nH]c1C(=O)N/N=C/c1ccc(C(C)C)cc1. The molecular weight excluding hydrogens is 324 g/mol. The number of nitrogens with zero attached hydrogens (tertiary/aromatic N) is 2. The molecule has 0 spiro atoms. The summed E-state index contributed by atoms with van der Waals surface area (Å²) in [5, 5.41) is 11.1. The lowest BCUT2D eigenvalue weighted by Crippen LogP contribution is -2.19. The van der Waals surface area contributed by atoms with Crippen LogP contribution in [-0.4, -0.2) is 22.3 Å². The maximum atomic E-state index is 12.3. The van der Waals surface area contributed by atoms with Gasteiger partial charge < -0.3 is 0 Å². The van der Waals surface area contributed by atoms with Gasteiger partial charge in [-0.25, -0.2) is 5.43 Å². The standard InChI is InChI=1S/C21H22N4O/c1-14(2)17-11-9-16(10-12-17)13-22-25-21(26)20-15(3)19(23-24-20)18-7-5-4-6-8-18/h4-14H,1-3H3,(H,23,24)(H,25,26)/b22-13+. The van der Waals surface area contributed by atoms with Crippen molar-refractivity contribution in [3.63, 3.8) is 0 Å². The first-order valence-electron chi connectivity index (χ1n) is 8.60. The number of H-pyrrole nitrogens is 1. The number of rotatable bonds is 5. The lowest BCUT2D eigenvalue weighted by Gasteiger charge is -2.04. The van der Waals surface area contributed by atoms with Crippen LogP contribution in [0.1, 0.15) is 46.9 Å². The van der Waals surface area contributed by atoms with E-state index in [4.69, 9.17) is 0 Å². The highest BCUT2D eigenvalue weighted by Gasteiger charge is 2.16. The van der Waals surface area contributed by atoms with Gasteiger partial charge in [0.05, 0.1) is 11.9 Å². The van der Waals surface area contributed by atoms with E-state index in [1.165, 1.54) is 5.56 Å². The smallest absolute Gasteiger partial charge is 0.272 e. The summed E-state index contributed by atoms with van der Waals surface area (Å²) in [7, 11) is 0. The third-order valence-electron chi connectivity index (χ3n) is 4.27. The normalized spacial score (nSPS) is 11.2. The molecule has 3 aromatic rings. The average molecular weight is 346 g/mol. The molecule has 0 aliphatic rings. The minimum Gasteiger partial charge on any atom is -0.272 e. The highest BCUT2D eigenvalue weighted by molar-refractivity contribution is 5.95. The molecule has 26 heavy (non-hydrogen) atoms. The second-order valence-electron chi connectivity index (χ2n) is 6.46. The van der Waals surface area contributed by atoms with Gasteiger partial charge in [-0.3, -0.25) is 9.89 Å². The van der Waals surface area contributed by atoms with Gasteiger partial charge in [-0.2, -0.15) is 10.2 Å². The minimum atomic E-state index is -0.313. The number of carbonyl (C=O) groups is 1. The third-order valence-corrected chi connectivity index (χ3v) is 4.27. The molecule has 1 amide bonds. The van der Waals surface area contributed by atoms with Gasteiger partial charge in [-0.05, 0) is 24.0 Å². The van der Waals surface area contributed by atoms with Gasteiger partial charge in [-0.1, -0.05) is 68.4 Å². The summed E-state index contributed by atoms with van der Waals surface area (Å²) >= 11 is 0. The Hall–Kier alpha value is -3.21. The van der Waals surface area contributed by atoms with Crippen LogP contribution in [0.15, 0.2) is 59.7 Å². The monoisotopic (exact) mass is 346 g/mol. The fourth-order valence-corrected chi connectivity index (χ4v) is 2.68. The zero-order valence-electron chi connectivity index (χ0n) is 15.2. The summed E-state index contributed by atoms with van der Waals surface area (Å²) in [5.74, 6) is 0.176. The van der Waals surface area contributed by atoms with Crippen LogP contribution in [0, 0.1) is 6.92 Å². The van der Waals surface area contributed by atoms with Crippen molar-refractivity contribution >= 4 is 12.1 Å². The van der Waals surface area contributed by atoms with Crippen molar-refractivity contribution in [2.45, 2.75) is 26.7 Å². The van der Waals surface area contributed by atoms with Gasteiger partial charge in [0.25, 0.3) is 5.91 Å². The Morgan fingerprint density at radius 3 is 2.46 bits per heavy atom. The summed E-state index contributed by atoms with van der Waals surface area (Å²) in [4.78, 5) is 12.3. The predicted octanol–water partition coefficient (Wildman–Crippen LogP) is 4.27. The van der Waals surface area contributed by atoms with Crippen LogP contribution in [0.5, 0.6) is 0 Å². The van der Waals surface area contributed by atoms with E-state index in [2.05, 4.69) is 46.7 Å². The van der Waals surface area contributed by atoms with Crippen molar-refractivity contribution in [2.75, 3.05) is 0 Å². The highest BCUT2D eigenvalue weighted by atomic mass is 16.2. The Morgan fingerprint density at radius 2 is 1.81 bits per heavy atom. The zero-order chi connectivity index (χ0) is 18.5. The molecule has 5 heteroatoms. The molecule has 0 unspecified atom stereocenters. The van der Waals surface area contributed by atoms with Crippen LogP contribution < -0.4 is 5.43 Å². The fourth-order valence-electron chi connectivity index (χ4n) is 2.68. The van der Waals surface area contributed by atoms with Crippen molar-refractivity contribution in [3.8, 4) is 11.3 Å². The summed E-state index contributed by atoms with van der Waals surface area (Å²) in [6.45, 7) is 6.18. The van der Waals surface area contributed by atoms with Gasteiger partial charge >= 0.3 is 0 Å². The van der Waals surface area contributed by atoms with E-state index in [-0.39, 0.29) is 5.91 Å². The van der Waals surface area contributed by atoms with Crippen molar-refractivity contribution in [1.29, 1.82) is 0 Å². The molecule has 0 aliphatic carbocycles. The Labute approximate surface area is 153 Å². The van der Waals surface area contributed by atoms with Crippen LogP contribution in [-0.2, 0) is 0 Å². The van der Waals surface area contributed by atoms with Gasteiger partial charge in [0.2, 0.25) is 0 Å². The Balaban J connectivity index is 1.68. The largest absolute Gasteiger partial charge is 0.289 e. The Morgan fingerprint density at radius 1 is 1.12 bits per heavy atom. The maximum absolute atomic E-state index is 12.3. The lowest BCUT2D eigenvalue weighted by atomic mass is 10.0. The zero-order valence-corrected chi connectivity index (χ0v) is 15.2. The Bertz CT molecular complexity index is 909. The number of hydrogen-bond acceptors (Lipinski definition) is 3. The first-order chi connectivity index (χ1) is 12.6. The summed E-state index contributed by atoms with van der Waals surface area (Å²) < 4.78 is 0. The van der Waals surface area contributed by atoms with Gasteiger partial charge in [0, 0.05) is 11.1 Å². The molecule has 3 rings (SSSR count). The molecule has 5 nitrogen and oxygen atoms in total. The fraction of sp³-hybridized carbons (Fsp3) is 0.190. The van der Waals surface area contributed by atoms with Crippen LogP contribution in [0.2, 0.25) is 0 Å². The van der Waals surface area contributed by atoms with Crippen LogP contribution in [0.3, 0.4) is 0 Å².